The van der Waals surface area contributed by atoms with E-state index in [1.807, 2.05) is 0 Å². The monoisotopic (exact) mass is 322 g/mol. The zero-order valence-electron chi connectivity index (χ0n) is 14.0. The van der Waals surface area contributed by atoms with E-state index in [0.29, 0.717) is 10.2 Å². The first-order valence-corrected chi connectivity index (χ1v) is 8.61. The van der Waals surface area contributed by atoms with Crippen LogP contribution < -0.4 is 0 Å². The van der Waals surface area contributed by atoms with Crippen molar-refractivity contribution in [2.24, 2.45) is 0 Å². The average molecular weight is 322 g/mol. The van der Waals surface area contributed by atoms with Crippen LogP contribution in [-0.2, 0) is 18.3 Å². The maximum absolute atomic E-state index is 9.61. The van der Waals surface area contributed by atoms with Gasteiger partial charge in [-0.1, -0.05) is 57.3 Å². The maximum atomic E-state index is 9.61. The molecule has 0 saturated carbocycles. The Morgan fingerprint density at radius 1 is 1.09 bits per heavy atom. The number of aromatic nitrogens is 1. The summed E-state index contributed by atoms with van der Waals surface area (Å²) in [4.78, 5) is 3.29. The zero-order chi connectivity index (χ0) is 16.6. The van der Waals surface area contributed by atoms with Gasteiger partial charge >= 0.3 is 0 Å². The molecule has 1 aromatic carbocycles. The average Bonchev–Trinajstić information content (AvgIpc) is 2.53. The van der Waals surface area contributed by atoms with Crippen LogP contribution in [0.15, 0.2) is 24.3 Å². The molecule has 0 fully saturated rings. The smallest absolute Gasteiger partial charge is 0.122 e. The molecule has 0 aliphatic heterocycles. The fraction of sp³-hybridized carbons (Fsp3) is 0.400. The molecule has 23 heavy (non-hydrogen) atoms. The minimum Gasteiger partial charge on any atom is -0.349 e. The van der Waals surface area contributed by atoms with E-state index in [1.54, 1.807) is 0 Å². The number of nitrogens with one attached hydrogen (secondary N) is 1. The number of hydrogen-bond donors (Lipinski definition) is 1. The van der Waals surface area contributed by atoms with E-state index < -0.39 is 0 Å². The summed E-state index contributed by atoms with van der Waals surface area (Å²) in [6.45, 7) is 6.64. The molecule has 1 aromatic heterocycles. The lowest BCUT2D eigenvalue weighted by Crippen LogP contribution is -2.11. The van der Waals surface area contributed by atoms with Crippen LogP contribution in [0.5, 0.6) is 0 Å². The minimum atomic E-state index is 0.129. The van der Waals surface area contributed by atoms with Crippen molar-refractivity contribution in [3.05, 3.63) is 51.3 Å². The highest BCUT2D eigenvalue weighted by molar-refractivity contribution is 7.71. The van der Waals surface area contributed by atoms with Gasteiger partial charge in [0.05, 0.1) is 5.56 Å². The molecule has 0 atom stereocenters. The topological polar surface area (TPSA) is 39.6 Å². The van der Waals surface area contributed by atoms with Crippen molar-refractivity contribution >= 4 is 12.2 Å². The van der Waals surface area contributed by atoms with Crippen molar-refractivity contribution < 1.29 is 0 Å². The molecule has 0 spiro atoms. The molecule has 1 N–H and O–H groups in total. The predicted octanol–water partition coefficient (Wildman–Crippen LogP) is 5.46. The SMILES string of the molecule is CC(C)(C)c1ccc(-c2c3c([nH]c(=S)c2C#N)CCCC3)cc1. The van der Waals surface area contributed by atoms with Gasteiger partial charge in [-0.25, -0.2) is 0 Å². The van der Waals surface area contributed by atoms with Crippen LogP contribution in [0, 0.1) is 16.0 Å². The molecule has 2 nitrogen and oxygen atoms in total. The van der Waals surface area contributed by atoms with Crippen molar-refractivity contribution in [3.8, 4) is 17.2 Å². The number of aromatic amines is 1. The molecular weight excluding hydrogens is 300 g/mol. The second-order valence-corrected chi connectivity index (χ2v) is 7.72. The largest absolute Gasteiger partial charge is 0.349 e. The van der Waals surface area contributed by atoms with Gasteiger partial charge in [0.1, 0.15) is 10.7 Å². The molecule has 0 unspecified atom stereocenters. The molecule has 118 valence electrons. The third-order valence-corrected chi connectivity index (χ3v) is 4.97. The zero-order valence-corrected chi connectivity index (χ0v) is 14.8. The first-order valence-electron chi connectivity index (χ1n) is 8.21. The van der Waals surface area contributed by atoms with Gasteiger partial charge in [0.15, 0.2) is 0 Å². The van der Waals surface area contributed by atoms with Gasteiger partial charge < -0.3 is 4.98 Å². The summed E-state index contributed by atoms with van der Waals surface area (Å²) in [5.74, 6) is 0. The molecule has 0 amide bonds. The third-order valence-electron chi connectivity index (χ3n) is 4.66. The van der Waals surface area contributed by atoms with E-state index in [1.165, 1.54) is 29.7 Å². The van der Waals surface area contributed by atoms with E-state index in [-0.39, 0.29) is 5.41 Å². The van der Waals surface area contributed by atoms with Gasteiger partial charge in [-0.3, -0.25) is 0 Å². The van der Waals surface area contributed by atoms with Gasteiger partial charge in [0.25, 0.3) is 0 Å². The van der Waals surface area contributed by atoms with E-state index in [0.717, 1.165) is 24.0 Å². The van der Waals surface area contributed by atoms with Crippen molar-refractivity contribution in [1.82, 2.24) is 4.98 Å². The Morgan fingerprint density at radius 3 is 2.35 bits per heavy atom. The molecule has 1 aliphatic carbocycles. The predicted molar refractivity (Wildman–Crippen MR) is 97.1 cm³/mol. The van der Waals surface area contributed by atoms with Crippen LogP contribution in [0.4, 0.5) is 0 Å². The Labute approximate surface area is 143 Å². The fourth-order valence-electron chi connectivity index (χ4n) is 3.35. The number of pyridine rings is 1. The molecular formula is C20H22N2S. The van der Waals surface area contributed by atoms with Crippen LogP contribution in [0.1, 0.15) is 56.0 Å². The molecule has 3 heteroatoms. The number of fused-ring (bicyclic) bond motifs is 1. The standard InChI is InChI=1S/C20H22N2S/c1-20(2,3)14-10-8-13(9-11-14)18-15-6-4-5-7-17(15)22-19(23)16(18)12-21/h8-11H,4-7H2,1-3H3,(H,22,23). The highest BCUT2D eigenvalue weighted by Gasteiger charge is 2.20. The van der Waals surface area contributed by atoms with Gasteiger partial charge in [-0.15, -0.1) is 0 Å². The first kappa shape index (κ1) is 16.0. The fourth-order valence-corrected chi connectivity index (χ4v) is 3.62. The Bertz CT molecular complexity index is 830. The number of nitrogens with zero attached hydrogens (tertiary/aromatic N) is 1. The molecule has 0 saturated heterocycles. The molecule has 2 aromatic rings. The first-order chi connectivity index (χ1) is 10.9. The van der Waals surface area contributed by atoms with Gasteiger partial charge in [0, 0.05) is 11.3 Å². The lowest BCUT2D eigenvalue weighted by atomic mass is 9.84. The van der Waals surface area contributed by atoms with E-state index in [4.69, 9.17) is 12.2 Å². The molecule has 0 bridgehead atoms. The van der Waals surface area contributed by atoms with Crippen LogP contribution in [-0.4, -0.2) is 4.98 Å². The van der Waals surface area contributed by atoms with E-state index in [9.17, 15) is 5.26 Å². The second kappa shape index (κ2) is 5.94. The highest BCUT2D eigenvalue weighted by Crippen LogP contribution is 2.35. The number of H-pyrrole nitrogens is 1. The summed E-state index contributed by atoms with van der Waals surface area (Å²) >= 11 is 5.43. The highest BCUT2D eigenvalue weighted by atomic mass is 32.1. The Balaban J connectivity index is 2.21. The number of aryl methyl sites for hydroxylation is 1. The van der Waals surface area contributed by atoms with Crippen LogP contribution in [0.2, 0.25) is 0 Å². The molecule has 1 heterocycles. The van der Waals surface area contributed by atoms with Crippen LogP contribution in [0.25, 0.3) is 11.1 Å². The van der Waals surface area contributed by atoms with Gasteiger partial charge in [0.2, 0.25) is 0 Å². The second-order valence-electron chi connectivity index (χ2n) is 7.31. The summed E-state index contributed by atoms with van der Waals surface area (Å²) in [6, 6.07) is 10.9. The van der Waals surface area contributed by atoms with E-state index >= 15 is 0 Å². The summed E-state index contributed by atoms with van der Waals surface area (Å²) in [5, 5.41) is 9.61. The number of nitriles is 1. The molecule has 0 radical (unpaired) electrons. The summed E-state index contributed by atoms with van der Waals surface area (Å²) in [7, 11) is 0. The Kier molecular flexibility index (Phi) is 4.12. The lowest BCUT2D eigenvalue weighted by molar-refractivity contribution is 0.590. The molecule has 3 rings (SSSR count). The van der Waals surface area contributed by atoms with Gasteiger partial charge in [-0.2, -0.15) is 5.26 Å². The Morgan fingerprint density at radius 2 is 1.74 bits per heavy atom. The number of hydrogen-bond acceptors (Lipinski definition) is 2. The van der Waals surface area contributed by atoms with Crippen LogP contribution >= 0.6 is 12.2 Å². The van der Waals surface area contributed by atoms with Crippen LogP contribution in [0.3, 0.4) is 0 Å². The Hall–Kier alpha value is -1.92. The summed E-state index contributed by atoms with van der Waals surface area (Å²) < 4.78 is 0.572. The summed E-state index contributed by atoms with van der Waals surface area (Å²) in [5.41, 5.74) is 6.70. The van der Waals surface area contributed by atoms with Crippen molar-refractivity contribution in [2.75, 3.05) is 0 Å². The van der Waals surface area contributed by atoms with Crippen molar-refractivity contribution in [1.29, 1.82) is 5.26 Å². The quantitative estimate of drug-likeness (QED) is 0.708. The lowest BCUT2D eigenvalue weighted by Gasteiger charge is -2.22. The third kappa shape index (κ3) is 2.96. The molecule has 1 aliphatic rings. The van der Waals surface area contributed by atoms with Crippen molar-refractivity contribution in [2.45, 2.75) is 51.9 Å². The van der Waals surface area contributed by atoms with Crippen molar-refractivity contribution in [3.63, 3.8) is 0 Å². The number of benzene rings is 1. The summed E-state index contributed by atoms with van der Waals surface area (Å²) in [6.07, 6.45) is 4.41. The van der Waals surface area contributed by atoms with E-state index in [2.05, 4.69) is 56.1 Å². The maximum Gasteiger partial charge on any atom is 0.122 e. The number of rotatable bonds is 1. The van der Waals surface area contributed by atoms with Gasteiger partial charge in [-0.05, 0) is 47.8 Å². The normalized spacial score (nSPS) is 14.2. The minimum absolute atomic E-state index is 0.129.